The minimum Gasteiger partial charge on any atom is -0.453 e. The van der Waals surface area contributed by atoms with E-state index in [1.165, 1.54) is 26.1 Å². The molecule has 2 aromatic carbocycles. The fourth-order valence-electron chi connectivity index (χ4n) is 4.92. The van der Waals surface area contributed by atoms with Crippen LogP contribution in [-0.2, 0) is 22.4 Å². The maximum Gasteiger partial charge on any atom is 0.413 e. The van der Waals surface area contributed by atoms with E-state index < -0.39 is 17.8 Å². The summed E-state index contributed by atoms with van der Waals surface area (Å²) in [6, 6.07) is 14.8. The van der Waals surface area contributed by atoms with E-state index in [-0.39, 0.29) is 21.6 Å². The molecule has 0 spiro atoms. The SMILES string of the molecule is CC1(C)CCC(Cc2ccc(Cl)cc2)C1(O)Cn1cncn1.COC(=O)NC(=S)Nc1ccccc1NC(=S)NC(=O)OC. The van der Waals surface area contributed by atoms with Crippen LogP contribution in [-0.4, -0.2) is 62.1 Å². The molecule has 12 nitrogen and oxygen atoms in total. The van der Waals surface area contributed by atoms with Crippen LogP contribution in [0.2, 0.25) is 5.02 Å². The molecule has 1 aliphatic carbocycles. The lowest BCUT2D eigenvalue weighted by Crippen LogP contribution is -2.49. The molecular weight excluding hydrogens is 626 g/mol. The number of anilines is 2. The molecule has 1 heterocycles. The number of aliphatic hydroxyl groups is 1. The molecule has 5 N–H and O–H groups in total. The van der Waals surface area contributed by atoms with Gasteiger partial charge in [0, 0.05) is 5.02 Å². The largest absolute Gasteiger partial charge is 0.453 e. The van der Waals surface area contributed by atoms with Gasteiger partial charge in [0.25, 0.3) is 0 Å². The highest BCUT2D eigenvalue weighted by Crippen LogP contribution is 2.51. The number of aromatic nitrogens is 3. The van der Waals surface area contributed by atoms with Gasteiger partial charge in [-0.2, -0.15) is 5.10 Å². The fourth-order valence-corrected chi connectivity index (χ4v) is 5.43. The van der Waals surface area contributed by atoms with Gasteiger partial charge in [-0.1, -0.05) is 49.7 Å². The zero-order valence-electron chi connectivity index (χ0n) is 24.8. The molecule has 0 bridgehead atoms. The Balaban J connectivity index is 0.000000240. The highest BCUT2D eigenvalue weighted by atomic mass is 35.5. The lowest BCUT2D eigenvalue weighted by molar-refractivity contribution is -0.0907. The summed E-state index contributed by atoms with van der Waals surface area (Å²) in [6.45, 7) is 4.77. The van der Waals surface area contributed by atoms with Gasteiger partial charge in [0.05, 0.1) is 37.7 Å². The maximum absolute atomic E-state index is 11.5. The highest BCUT2D eigenvalue weighted by Gasteiger charge is 2.54. The minimum atomic E-state index is -0.791. The number of nitrogens with zero attached hydrogens (tertiary/aromatic N) is 3. The van der Waals surface area contributed by atoms with Gasteiger partial charge in [0.2, 0.25) is 0 Å². The lowest BCUT2D eigenvalue weighted by atomic mass is 9.72. The van der Waals surface area contributed by atoms with Crippen molar-refractivity contribution < 1.29 is 24.2 Å². The summed E-state index contributed by atoms with van der Waals surface area (Å²) < 4.78 is 10.6. The smallest absolute Gasteiger partial charge is 0.413 e. The Morgan fingerprint density at radius 2 is 1.55 bits per heavy atom. The number of rotatable bonds is 6. The first-order chi connectivity index (χ1) is 20.9. The average molecular weight is 662 g/mol. The molecule has 1 aromatic heterocycles. The molecule has 2 amide bonds. The molecule has 44 heavy (non-hydrogen) atoms. The molecule has 2 atom stereocenters. The number of methoxy groups -OCH3 is 2. The van der Waals surface area contributed by atoms with E-state index in [0.29, 0.717) is 17.9 Å². The Hall–Kier alpha value is -3.85. The average Bonchev–Trinajstić information content (AvgIpc) is 3.57. The third-order valence-electron chi connectivity index (χ3n) is 7.46. The van der Waals surface area contributed by atoms with Crippen LogP contribution in [0.15, 0.2) is 61.2 Å². The van der Waals surface area contributed by atoms with Crippen LogP contribution in [0.4, 0.5) is 21.0 Å². The number of carbonyl (C=O) groups is 2. The van der Waals surface area contributed by atoms with Crippen molar-refractivity contribution in [2.75, 3.05) is 24.9 Å². The van der Waals surface area contributed by atoms with Gasteiger partial charge in [-0.3, -0.25) is 15.3 Å². The minimum absolute atomic E-state index is 0.0490. The Labute approximate surface area is 271 Å². The van der Waals surface area contributed by atoms with Gasteiger partial charge in [-0.15, -0.1) is 0 Å². The van der Waals surface area contributed by atoms with Crippen LogP contribution in [0.1, 0.15) is 32.3 Å². The van der Waals surface area contributed by atoms with Gasteiger partial charge in [0.15, 0.2) is 10.2 Å². The quantitative estimate of drug-likeness (QED) is 0.224. The van der Waals surface area contributed by atoms with Gasteiger partial charge < -0.3 is 25.2 Å². The molecule has 2 unspecified atom stereocenters. The first-order valence-corrected chi connectivity index (χ1v) is 14.8. The second-order valence-corrected chi connectivity index (χ2v) is 11.9. The summed E-state index contributed by atoms with van der Waals surface area (Å²) in [6.07, 6.45) is 4.69. The standard InChI is InChI=1S/C17H22ClN3O.C12H14N4O4S2/c1-16(2)8-7-14(9-13-3-5-15(18)6-4-13)17(16,22)10-21-12-19-11-20-21;1-19-11(17)15-9(21)13-7-5-3-4-6-8(7)14-10(22)16-12(18)20-2/h3-6,11-12,14,22H,7-10H2,1-2H3;3-6H,1-2H3,(H2,13,15,17,21)(H2,14,16,18,22). The number of hydrogen-bond donors (Lipinski definition) is 5. The molecule has 3 aromatic rings. The van der Waals surface area contributed by atoms with Crippen LogP contribution in [0.3, 0.4) is 0 Å². The zero-order chi connectivity index (χ0) is 32.3. The summed E-state index contributed by atoms with van der Waals surface area (Å²) in [5, 5.41) is 26.7. The van der Waals surface area contributed by atoms with Crippen molar-refractivity contribution in [2.24, 2.45) is 11.3 Å². The molecule has 0 saturated heterocycles. The molecular formula is C29H36ClN7O5S2. The Morgan fingerprint density at radius 1 is 1.00 bits per heavy atom. The molecule has 4 rings (SSSR count). The first kappa shape index (κ1) is 34.6. The van der Waals surface area contributed by atoms with Gasteiger partial charge in [-0.05, 0) is 84.9 Å². The van der Waals surface area contributed by atoms with Gasteiger partial charge in [0.1, 0.15) is 12.7 Å². The molecule has 0 radical (unpaired) electrons. The molecule has 0 aliphatic heterocycles. The topological polar surface area (TPSA) is 152 Å². The Kier molecular flexibility index (Phi) is 12.4. The Bertz CT molecular complexity index is 1390. The van der Waals surface area contributed by atoms with Crippen molar-refractivity contribution >= 4 is 69.8 Å². The summed E-state index contributed by atoms with van der Waals surface area (Å²) in [5.74, 6) is 0.202. The van der Waals surface area contributed by atoms with E-state index in [1.807, 2.05) is 24.3 Å². The van der Waals surface area contributed by atoms with E-state index >= 15 is 0 Å². The molecule has 15 heteroatoms. The van der Waals surface area contributed by atoms with E-state index in [2.05, 4.69) is 54.7 Å². The third kappa shape index (κ3) is 9.58. The summed E-state index contributed by atoms with van der Waals surface area (Å²) >= 11 is 15.9. The number of nitrogens with one attached hydrogen (secondary N) is 4. The molecule has 1 saturated carbocycles. The van der Waals surface area contributed by atoms with Crippen LogP contribution < -0.4 is 21.3 Å². The van der Waals surface area contributed by atoms with Crippen molar-refractivity contribution in [1.82, 2.24) is 25.4 Å². The fraction of sp³-hybridized carbons (Fsp3) is 0.379. The monoisotopic (exact) mass is 661 g/mol. The highest BCUT2D eigenvalue weighted by molar-refractivity contribution is 7.80. The predicted octanol–water partition coefficient (Wildman–Crippen LogP) is 5.13. The second-order valence-electron chi connectivity index (χ2n) is 10.7. The number of ether oxygens (including phenoxy) is 2. The van der Waals surface area contributed by atoms with Gasteiger partial charge in [-0.25, -0.2) is 14.6 Å². The maximum atomic E-state index is 11.5. The number of para-hydroxylation sites is 2. The number of thiocarbonyl (C=S) groups is 2. The summed E-state index contributed by atoms with van der Waals surface area (Å²) in [5.41, 5.74) is 1.36. The molecule has 1 fully saturated rings. The van der Waals surface area contributed by atoms with E-state index in [4.69, 9.17) is 36.0 Å². The van der Waals surface area contributed by atoms with Crippen LogP contribution in [0, 0.1) is 11.3 Å². The molecule has 236 valence electrons. The van der Waals surface area contributed by atoms with Crippen molar-refractivity contribution in [3.05, 3.63) is 71.8 Å². The van der Waals surface area contributed by atoms with Crippen molar-refractivity contribution in [3.8, 4) is 0 Å². The van der Waals surface area contributed by atoms with E-state index in [0.717, 1.165) is 24.3 Å². The number of amides is 2. The summed E-state index contributed by atoms with van der Waals surface area (Å²) in [7, 11) is 2.45. The predicted molar refractivity (Wildman–Crippen MR) is 177 cm³/mol. The van der Waals surface area contributed by atoms with Crippen LogP contribution >= 0.6 is 36.0 Å². The second kappa shape index (κ2) is 15.7. The van der Waals surface area contributed by atoms with E-state index in [9.17, 15) is 14.7 Å². The van der Waals surface area contributed by atoms with E-state index in [1.54, 1.807) is 35.3 Å². The van der Waals surface area contributed by atoms with Crippen molar-refractivity contribution in [1.29, 1.82) is 0 Å². The van der Waals surface area contributed by atoms with Crippen molar-refractivity contribution in [3.63, 3.8) is 0 Å². The number of halogens is 1. The van der Waals surface area contributed by atoms with Crippen LogP contribution in [0.25, 0.3) is 0 Å². The number of alkyl carbamates (subject to hydrolysis) is 2. The first-order valence-electron chi connectivity index (χ1n) is 13.6. The zero-order valence-corrected chi connectivity index (χ0v) is 27.2. The van der Waals surface area contributed by atoms with Crippen LogP contribution in [0.5, 0.6) is 0 Å². The number of benzene rings is 2. The van der Waals surface area contributed by atoms with Gasteiger partial charge >= 0.3 is 12.2 Å². The normalized spacial score (nSPS) is 18.2. The lowest BCUT2D eigenvalue weighted by Gasteiger charge is -2.40. The number of carbonyl (C=O) groups excluding carboxylic acids is 2. The number of hydrogen-bond acceptors (Lipinski definition) is 9. The van der Waals surface area contributed by atoms with Crippen molar-refractivity contribution in [2.45, 2.75) is 45.3 Å². The Morgan fingerprint density at radius 3 is 2.02 bits per heavy atom. The summed E-state index contributed by atoms with van der Waals surface area (Å²) in [4.78, 5) is 26.1. The third-order valence-corrected chi connectivity index (χ3v) is 8.12. The molecule has 1 aliphatic rings.